The third kappa shape index (κ3) is 8.33. The number of carbonyl (C=O) groups excluding carboxylic acids is 3. The Hall–Kier alpha value is -5.28. The molecule has 3 amide bonds. The fraction of sp³-hybridized carbons (Fsp3) is 0.488. The summed E-state index contributed by atoms with van der Waals surface area (Å²) < 4.78 is 6.34. The number of amides is 3. The zero-order valence-corrected chi connectivity index (χ0v) is 33.8. The Morgan fingerprint density at radius 1 is 1.00 bits per heavy atom. The van der Waals surface area contributed by atoms with Crippen molar-refractivity contribution in [3.8, 4) is 11.1 Å². The topological polar surface area (TPSA) is 189 Å². The van der Waals surface area contributed by atoms with Crippen LogP contribution in [0.4, 0.5) is 11.4 Å². The monoisotopic (exact) mass is 785 g/mol. The van der Waals surface area contributed by atoms with E-state index in [-0.39, 0.29) is 53.1 Å². The molecule has 5 aliphatic rings. The van der Waals surface area contributed by atoms with Gasteiger partial charge in [0.05, 0.1) is 56.7 Å². The Labute approximate surface area is 342 Å². The molecular weight excluding hydrogens is 732 g/mol. The van der Waals surface area contributed by atoms with Crippen molar-refractivity contribution in [3.05, 3.63) is 83.0 Å². The number of carbonyl (C=O) groups is 3. The summed E-state index contributed by atoms with van der Waals surface area (Å²) in [6.45, 7) is 4.70. The molecule has 7 N–H and O–H groups in total. The third-order valence-electron chi connectivity index (χ3n) is 11.4. The zero-order valence-electron chi connectivity index (χ0n) is 33.8. The Kier molecular flexibility index (Phi) is 11.9. The van der Waals surface area contributed by atoms with Crippen LogP contribution in [0.5, 0.6) is 0 Å². The van der Waals surface area contributed by atoms with E-state index < -0.39 is 11.2 Å². The number of aromatic nitrogens is 3. The lowest BCUT2D eigenvalue weighted by atomic mass is 9.57. The summed E-state index contributed by atoms with van der Waals surface area (Å²) in [6, 6.07) is 11.3. The first kappa shape index (κ1) is 40.9. The number of likely N-dealkylation sites (tertiary alicyclic amines) is 2. The van der Waals surface area contributed by atoms with Crippen LogP contribution in [-0.2, 0) is 19.7 Å². The van der Waals surface area contributed by atoms with Gasteiger partial charge in [0, 0.05) is 82.3 Å². The lowest BCUT2D eigenvalue weighted by molar-refractivity contribution is -0.121. The van der Waals surface area contributed by atoms with Crippen molar-refractivity contribution >= 4 is 44.8 Å². The molecule has 3 aliphatic heterocycles. The van der Waals surface area contributed by atoms with Gasteiger partial charge < -0.3 is 46.9 Å². The summed E-state index contributed by atoms with van der Waals surface area (Å²) in [5.74, 6) is -0.582. The van der Waals surface area contributed by atoms with Crippen molar-refractivity contribution in [1.29, 1.82) is 0 Å². The molecule has 0 bridgehead atoms. The van der Waals surface area contributed by atoms with Gasteiger partial charge in [-0.05, 0) is 68.5 Å². The van der Waals surface area contributed by atoms with Gasteiger partial charge in [0.1, 0.15) is 17.2 Å². The second-order valence-electron chi connectivity index (χ2n) is 15.9. The Morgan fingerprint density at radius 2 is 1.69 bits per heavy atom. The number of anilines is 2. The minimum Gasteiger partial charge on any atom is -0.393 e. The van der Waals surface area contributed by atoms with Crippen molar-refractivity contribution in [2.45, 2.75) is 75.3 Å². The number of methoxy groups -OCH3 is 1. The van der Waals surface area contributed by atoms with Gasteiger partial charge in [0.2, 0.25) is 5.91 Å². The van der Waals surface area contributed by atoms with Crippen LogP contribution in [0.15, 0.2) is 65.9 Å². The number of benzene rings is 1. The maximum atomic E-state index is 13.2. The molecule has 4 fully saturated rings. The van der Waals surface area contributed by atoms with Crippen LogP contribution >= 0.6 is 0 Å². The van der Waals surface area contributed by atoms with Crippen LogP contribution in [0.2, 0.25) is 0 Å². The quantitative estimate of drug-likeness (QED) is 0.103. The average molecular weight is 786 g/mol. The second-order valence-corrected chi connectivity index (χ2v) is 15.9. The van der Waals surface area contributed by atoms with Crippen LogP contribution in [0.1, 0.15) is 85.8 Å². The predicted octanol–water partition coefficient (Wildman–Crippen LogP) is 2.54. The second kappa shape index (κ2) is 16.9. The van der Waals surface area contributed by atoms with Crippen LogP contribution < -0.4 is 32.3 Å². The number of rotatable bonds is 12. The average Bonchev–Trinajstić information content (AvgIpc) is 4.11. The Bertz CT molecular complexity index is 2100. The number of nitrogens with two attached hydrogens (primary N) is 2. The van der Waals surface area contributed by atoms with E-state index in [1.807, 2.05) is 35.2 Å². The molecule has 2 aromatic heterocycles. The number of para-hydroxylation sites is 1. The van der Waals surface area contributed by atoms with E-state index >= 15 is 0 Å². The van der Waals surface area contributed by atoms with Crippen molar-refractivity contribution in [1.82, 2.24) is 35.2 Å². The number of fused-ring (bicyclic) bond motifs is 3. The van der Waals surface area contributed by atoms with Crippen molar-refractivity contribution in [2.75, 3.05) is 57.7 Å². The van der Waals surface area contributed by atoms with Crippen LogP contribution in [0.25, 0.3) is 11.1 Å². The highest BCUT2D eigenvalue weighted by molar-refractivity contribution is 6.39. The molecule has 1 atom stereocenters. The Morgan fingerprint density at radius 3 is 2.34 bits per heavy atom. The summed E-state index contributed by atoms with van der Waals surface area (Å²) >= 11 is 0. The number of nitrogens with zero attached hydrogens (tertiary/aromatic N) is 6. The van der Waals surface area contributed by atoms with E-state index in [0.29, 0.717) is 24.5 Å². The van der Waals surface area contributed by atoms with Crippen LogP contribution in [-0.4, -0.2) is 111 Å². The molecule has 1 aromatic carbocycles. The Balaban J connectivity index is 0.00000166. The lowest BCUT2D eigenvalue weighted by Gasteiger charge is -2.50. The zero-order chi connectivity index (χ0) is 41.3. The molecule has 15 nitrogen and oxygen atoms in total. The van der Waals surface area contributed by atoms with Crippen LogP contribution in [0.3, 0.4) is 0 Å². The van der Waals surface area contributed by atoms with Crippen molar-refractivity contribution < 1.29 is 19.1 Å². The summed E-state index contributed by atoms with van der Waals surface area (Å²) in [6.07, 6.45) is 9.68. The number of nitrogens with one attached hydrogen (secondary N) is 3. The minimum atomic E-state index is -1.37. The summed E-state index contributed by atoms with van der Waals surface area (Å²) in [5.41, 5.74) is 18.5. The maximum absolute atomic E-state index is 13.2. The van der Waals surface area contributed by atoms with Gasteiger partial charge in [-0.1, -0.05) is 25.1 Å². The molecule has 1 unspecified atom stereocenters. The molecule has 58 heavy (non-hydrogen) atoms. The fourth-order valence-corrected chi connectivity index (χ4v) is 7.90. The van der Waals surface area contributed by atoms with Gasteiger partial charge in [0.15, 0.2) is 0 Å². The van der Waals surface area contributed by atoms with Crippen LogP contribution in [0, 0.1) is 5.92 Å². The molecule has 8 rings (SSSR count). The number of ether oxygens (including phenoxy) is 1. The molecule has 17 heteroatoms. The number of allylic oxidation sites excluding steroid dienone is 1. The van der Waals surface area contributed by atoms with Gasteiger partial charge in [-0.25, -0.2) is 4.98 Å². The smallest absolute Gasteiger partial charge is 0.272 e. The highest BCUT2D eigenvalue weighted by Gasteiger charge is 2.43. The maximum Gasteiger partial charge on any atom is 0.272 e. The largest absolute Gasteiger partial charge is 0.393 e. The summed E-state index contributed by atoms with van der Waals surface area (Å²) in [4.78, 5) is 49.4. The van der Waals surface area contributed by atoms with Gasteiger partial charge in [0.25, 0.3) is 11.8 Å². The SMILES string of the molecule is COC.[B]C([B])(c1cccc(C(=O)N2CCCC2)n1)N1CC(n2ncc3c2C(CC)N(C)c2c(NC(/C=C(\N)NC(=O)C4CC4)=C(/N)C(=O)NC4CC4)cccc2-3)C1. The van der Waals surface area contributed by atoms with E-state index in [4.69, 9.17) is 32.3 Å². The predicted molar refractivity (Wildman–Crippen MR) is 224 cm³/mol. The number of hydrogen-bond donors (Lipinski definition) is 5. The molecule has 2 saturated carbocycles. The standard InChI is InChI=1S/C39H47B2N11O3.C2H6O/c1-3-30-35-26(19-44-52(35)24-20-51(21-24)39(40,41)31-11-7-10-28(47-31)38(55)50-16-4-5-17-50)25-8-6-9-27(34(25)49(30)2)46-29(33(43)37(54)45-23-14-15-23)18-32(42)48-36(53)22-12-13-22;1-3-2/h6-11,18-19,22-24,30,46H,3-5,12-17,20-21,42-43H2,1-2H3,(H,45,54)(H,48,53);1-2H3/b32-18+,33-29+;. The van der Waals surface area contributed by atoms with Gasteiger partial charge in [-0.15, -0.1) is 0 Å². The molecule has 4 radical (unpaired) electrons. The normalized spacial score (nSPS) is 19.9. The molecule has 2 aliphatic carbocycles. The molecular formula is C41H53B2N11O4. The van der Waals surface area contributed by atoms with E-state index in [2.05, 4.69) is 48.2 Å². The molecule has 5 heterocycles. The highest BCUT2D eigenvalue weighted by atomic mass is 16.4. The van der Waals surface area contributed by atoms with Crippen molar-refractivity contribution in [3.63, 3.8) is 0 Å². The van der Waals surface area contributed by atoms with E-state index in [9.17, 15) is 14.4 Å². The first-order valence-corrected chi connectivity index (χ1v) is 20.1. The van der Waals surface area contributed by atoms with E-state index in [0.717, 1.165) is 86.2 Å². The first-order chi connectivity index (χ1) is 27.9. The minimum absolute atomic E-state index is 0.00761. The molecule has 3 aromatic rings. The fourth-order valence-electron chi connectivity index (χ4n) is 7.90. The lowest BCUT2D eigenvalue weighted by Crippen LogP contribution is -2.60. The summed E-state index contributed by atoms with van der Waals surface area (Å²) in [5, 5.41) is 12.7. The molecule has 0 spiro atoms. The summed E-state index contributed by atoms with van der Waals surface area (Å²) in [7, 11) is 18.8. The van der Waals surface area contributed by atoms with E-state index in [1.165, 1.54) is 6.08 Å². The first-order valence-electron chi connectivity index (χ1n) is 20.1. The third-order valence-corrected chi connectivity index (χ3v) is 11.4. The number of pyridine rings is 1. The van der Waals surface area contributed by atoms with Crippen molar-refractivity contribution in [2.24, 2.45) is 17.4 Å². The highest BCUT2D eigenvalue weighted by Crippen LogP contribution is 2.50. The van der Waals surface area contributed by atoms with Gasteiger partial charge in [-0.2, -0.15) is 5.10 Å². The molecule has 302 valence electrons. The number of hydrogen-bond acceptors (Lipinski definition) is 11. The van der Waals surface area contributed by atoms with E-state index in [1.54, 1.807) is 32.4 Å². The molecule has 2 saturated heterocycles. The van der Waals surface area contributed by atoms with Gasteiger partial charge in [-0.3, -0.25) is 19.1 Å². The van der Waals surface area contributed by atoms with Gasteiger partial charge >= 0.3 is 0 Å².